The lowest BCUT2D eigenvalue weighted by molar-refractivity contribution is 0.648. The Labute approximate surface area is 90.5 Å². The van der Waals surface area contributed by atoms with Crippen molar-refractivity contribution in [3.63, 3.8) is 0 Å². The number of hydrogen-bond donors (Lipinski definition) is 1. The summed E-state index contributed by atoms with van der Waals surface area (Å²) in [5.74, 6) is 0. The average molecular weight is 209 g/mol. The molecule has 1 aliphatic carbocycles. The lowest BCUT2D eigenvalue weighted by atomic mass is 10.2. The molecule has 1 fully saturated rings. The predicted molar refractivity (Wildman–Crippen MR) is 63.0 cm³/mol. The molecule has 0 unspecified atom stereocenters. The van der Waals surface area contributed by atoms with E-state index in [0.29, 0.717) is 0 Å². The van der Waals surface area contributed by atoms with Crippen molar-refractivity contribution in [1.29, 1.82) is 0 Å². The molecule has 14 heavy (non-hydrogen) atoms. The molecule has 2 heteroatoms. The van der Waals surface area contributed by atoms with Gasteiger partial charge in [0.25, 0.3) is 0 Å². The van der Waals surface area contributed by atoms with Gasteiger partial charge in [-0.25, -0.2) is 0 Å². The lowest BCUT2D eigenvalue weighted by Crippen LogP contribution is -2.17. The summed E-state index contributed by atoms with van der Waals surface area (Å²) in [5.41, 5.74) is 0. The first-order valence-electron chi connectivity index (χ1n) is 5.69. The van der Waals surface area contributed by atoms with E-state index in [9.17, 15) is 0 Å². The monoisotopic (exact) mass is 209 g/mol. The van der Waals surface area contributed by atoms with Gasteiger partial charge in [-0.3, -0.25) is 0 Å². The average Bonchev–Trinajstić information content (AvgIpc) is 2.91. The Kier molecular flexibility index (Phi) is 3.60. The molecule has 1 saturated carbocycles. The molecular weight excluding hydrogens is 190 g/mol. The predicted octanol–water partition coefficient (Wildman–Crippen LogP) is 3.00. The van der Waals surface area contributed by atoms with E-state index in [1.165, 1.54) is 43.5 Å². The number of thiophene rings is 1. The van der Waals surface area contributed by atoms with Crippen LogP contribution in [0.3, 0.4) is 0 Å². The summed E-state index contributed by atoms with van der Waals surface area (Å²) in [5, 5.41) is 3.55. The minimum Gasteiger partial charge on any atom is -0.314 e. The molecule has 0 radical (unpaired) electrons. The van der Waals surface area contributed by atoms with Gasteiger partial charge < -0.3 is 5.32 Å². The molecular formula is C12H19NS. The van der Waals surface area contributed by atoms with Crippen LogP contribution in [-0.2, 0) is 12.8 Å². The number of nitrogens with one attached hydrogen (secondary N) is 1. The molecule has 0 atom stereocenters. The third kappa shape index (κ3) is 3.10. The van der Waals surface area contributed by atoms with Crippen LogP contribution in [0, 0.1) is 0 Å². The SMILES string of the molecule is CCc1ccc(CCCNC2CC2)s1. The van der Waals surface area contributed by atoms with Gasteiger partial charge in [-0.15, -0.1) is 11.3 Å². The van der Waals surface area contributed by atoms with Gasteiger partial charge in [0.05, 0.1) is 0 Å². The Balaban J connectivity index is 1.63. The number of aryl methyl sites for hydroxylation is 2. The van der Waals surface area contributed by atoms with E-state index in [1.54, 1.807) is 4.88 Å². The maximum Gasteiger partial charge on any atom is 0.00682 e. The number of hydrogen-bond acceptors (Lipinski definition) is 2. The second-order valence-electron chi connectivity index (χ2n) is 4.05. The van der Waals surface area contributed by atoms with Crippen molar-refractivity contribution < 1.29 is 0 Å². The zero-order valence-corrected chi connectivity index (χ0v) is 9.70. The molecule has 1 nitrogen and oxygen atoms in total. The molecule has 1 aromatic heterocycles. The van der Waals surface area contributed by atoms with Crippen molar-refractivity contribution in [2.45, 2.75) is 45.1 Å². The molecule has 0 amide bonds. The van der Waals surface area contributed by atoms with Crippen molar-refractivity contribution in [2.24, 2.45) is 0 Å². The zero-order valence-electron chi connectivity index (χ0n) is 8.88. The zero-order chi connectivity index (χ0) is 9.80. The molecule has 0 spiro atoms. The van der Waals surface area contributed by atoms with Crippen molar-refractivity contribution in [2.75, 3.05) is 6.54 Å². The lowest BCUT2D eigenvalue weighted by Gasteiger charge is -2.00. The highest BCUT2D eigenvalue weighted by Crippen LogP contribution is 2.20. The second-order valence-corrected chi connectivity index (χ2v) is 5.31. The van der Waals surface area contributed by atoms with Crippen molar-refractivity contribution >= 4 is 11.3 Å². The number of rotatable bonds is 6. The van der Waals surface area contributed by atoms with E-state index in [2.05, 4.69) is 24.4 Å². The Morgan fingerprint density at radius 2 is 2.14 bits per heavy atom. The fraction of sp³-hybridized carbons (Fsp3) is 0.667. The molecule has 0 aliphatic heterocycles. The van der Waals surface area contributed by atoms with Crippen molar-refractivity contribution in [1.82, 2.24) is 5.32 Å². The minimum atomic E-state index is 0.865. The van der Waals surface area contributed by atoms with Gasteiger partial charge in [-0.2, -0.15) is 0 Å². The van der Waals surface area contributed by atoms with E-state index >= 15 is 0 Å². The summed E-state index contributed by atoms with van der Waals surface area (Å²) in [4.78, 5) is 3.08. The quantitative estimate of drug-likeness (QED) is 0.710. The van der Waals surface area contributed by atoms with Crippen molar-refractivity contribution in [3.8, 4) is 0 Å². The molecule has 1 aliphatic rings. The minimum absolute atomic E-state index is 0.865. The van der Waals surface area contributed by atoms with Gasteiger partial charge in [-0.05, 0) is 50.8 Å². The van der Waals surface area contributed by atoms with Gasteiger partial charge in [0.2, 0.25) is 0 Å². The molecule has 0 aromatic carbocycles. The summed E-state index contributed by atoms with van der Waals surface area (Å²) in [6.45, 7) is 3.42. The fourth-order valence-electron chi connectivity index (χ4n) is 1.60. The van der Waals surface area contributed by atoms with Crippen LogP contribution in [0.15, 0.2) is 12.1 Å². The first-order chi connectivity index (χ1) is 6.88. The van der Waals surface area contributed by atoms with Gasteiger partial charge >= 0.3 is 0 Å². The van der Waals surface area contributed by atoms with E-state index < -0.39 is 0 Å². The third-order valence-electron chi connectivity index (χ3n) is 2.68. The van der Waals surface area contributed by atoms with Crippen molar-refractivity contribution in [3.05, 3.63) is 21.9 Å². The normalized spacial score (nSPS) is 16.1. The van der Waals surface area contributed by atoms with Crippen LogP contribution in [-0.4, -0.2) is 12.6 Å². The van der Waals surface area contributed by atoms with Crippen LogP contribution in [0.1, 0.15) is 35.9 Å². The maximum atomic E-state index is 3.55. The molecule has 1 heterocycles. The van der Waals surface area contributed by atoms with Crippen LogP contribution in [0.2, 0.25) is 0 Å². The summed E-state index contributed by atoms with van der Waals surface area (Å²) in [6, 6.07) is 5.43. The van der Waals surface area contributed by atoms with Crippen LogP contribution in [0.5, 0.6) is 0 Å². The molecule has 2 rings (SSSR count). The molecule has 0 saturated heterocycles. The summed E-state index contributed by atoms with van der Waals surface area (Å²) in [6.07, 6.45) is 6.54. The van der Waals surface area contributed by atoms with Gasteiger partial charge in [0.15, 0.2) is 0 Å². The third-order valence-corrected chi connectivity index (χ3v) is 3.97. The van der Waals surface area contributed by atoms with Crippen LogP contribution in [0.25, 0.3) is 0 Å². The standard InChI is InChI=1S/C12H19NS/c1-2-11-7-8-12(14-11)4-3-9-13-10-5-6-10/h7-8,10,13H,2-6,9H2,1H3. The van der Waals surface area contributed by atoms with Crippen LogP contribution >= 0.6 is 11.3 Å². The van der Waals surface area contributed by atoms with E-state index in [0.717, 1.165) is 6.04 Å². The molecule has 1 N–H and O–H groups in total. The maximum absolute atomic E-state index is 3.55. The highest BCUT2D eigenvalue weighted by Gasteiger charge is 2.19. The van der Waals surface area contributed by atoms with Gasteiger partial charge in [-0.1, -0.05) is 6.92 Å². The Morgan fingerprint density at radius 3 is 2.79 bits per heavy atom. The first-order valence-corrected chi connectivity index (χ1v) is 6.51. The fourth-order valence-corrected chi connectivity index (χ4v) is 2.60. The Bertz CT molecular complexity index is 276. The second kappa shape index (κ2) is 4.94. The smallest absolute Gasteiger partial charge is 0.00682 e. The van der Waals surface area contributed by atoms with E-state index in [4.69, 9.17) is 0 Å². The van der Waals surface area contributed by atoms with Crippen LogP contribution < -0.4 is 5.32 Å². The Hall–Kier alpha value is -0.340. The highest BCUT2D eigenvalue weighted by atomic mass is 32.1. The first kappa shape index (κ1) is 10.2. The summed E-state index contributed by atoms with van der Waals surface area (Å²) < 4.78 is 0. The highest BCUT2D eigenvalue weighted by molar-refractivity contribution is 7.11. The molecule has 1 aromatic rings. The Morgan fingerprint density at radius 1 is 1.36 bits per heavy atom. The molecule has 78 valence electrons. The molecule has 0 bridgehead atoms. The van der Waals surface area contributed by atoms with E-state index in [-0.39, 0.29) is 0 Å². The largest absolute Gasteiger partial charge is 0.314 e. The summed E-state index contributed by atoms with van der Waals surface area (Å²) in [7, 11) is 0. The van der Waals surface area contributed by atoms with Gasteiger partial charge in [0, 0.05) is 15.8 Å². The van der Waals surface area contributed by atoms with E-state index in [1.807, 2.05) is 11.3 Å². The summed E-state index contributed by atoms with van der Waals surface area (Å²) >= 11 is 1.98. The topological polar surface area (TPSA) is 12.0 Å². The van der Waals surface area contributed by atoms with Crippen LogP contribution in [0.4, 0.5) is 0 Å². The van der Waals surface area contributed by atoms with Gasteiger partial charge in [0.1, 0.15) is 0 Å².